The zero-order valence-electron chi connectivity index (χ0n) is 18.4. The number of halogens is 1. The average Bonchev–Trinajstić information content (AvgIpc) is 2.83. The second-order valence-electron chi connectivity index (χ2n) is 8.41. The summed E-state index contributed by atoms with van der Waals surface area (Å²) in [4.78, 5) is 4.50. The van der Waals surface area contributed by atoms with Gasteiger partial charge >= 0.3 is 0 Å². The standard InChI is InChI=1S/C26H25FN2O4S/c27-22-9-5-4-8-21(22)23(14-15-30)28-25-29-34(31)24(26(33-25)16-32-17-26)20-12-10-19(11-13-20)18-6-2-1-3-7-18/h1-13,23-24,30H,14-17H2,(H,28,29)/t23-,24?,34?/m0/s1. The van der Waals surface area contributed by atoms with Crippen molar-refractivity contribution >= 4 is 17.0 Å². The summed E-state index contributed by atoms with van der Waals surface area (Å²) in [6, 6.07) is 23.7. The van der Waals surface area contributed by atoms with Gasteiger partial charge in [0.05, 0.1) is 19.3 Å². The Labute approximate surface area is 200 Å². The van der Waals surface area contributed by atoms with Gasteiger partial charge in [-0.05, 0) is 29.2 Å². The molecule has 3 aromatic carbocycles. The van der Waals surface area contributed by atoms with Crippen LogP contribution in [0.4, 0.5) is 4.39 Å². The Balaban J connectivity index is 1.42. The lowest BCUT2D eigenvalue weighted by molar-refractivity contribution is -0.173. The van der Waals surface area contributed by atoms with Crippen molar-refractivity contribution in [1.29, 1.82) is 0 Å². The fraction of sp³-hybridized carbons (Fsp3) is 0.269. The van der Waals surface area contributed by atoms with Crippen LogP contribution in [-0.2, 0) is 20.5 Å². The van der Waals surface area contributed by atoms with Crippen LogP contribution in [0.5, 0.6) is 0 Å². The summed E-state index contributed by atoms with van der Waals surface area (Å²) in [5.74, 6) is -0.416. The monoisotopic (exact) mass is 480 g/mol. The predicted molar refractivity (Wildman–Crippen MR) is 129 cm³/mol. The molecule has 3 atom stereocenters. The van der Waals surface area contributed by atoms with Crippen molar-refractivity contribution in [3.8, 4) is 11.1 Å². The third-order valence-electron chi connectivity index (χ3n) is 6.13. The molecule has 2 N–H and O–H groups in total. The number of rotatable bonds is 6. The Hall–Kier alpha value is -3.07. The maximum atomic E-state index is 14.4. The van der Waals surface area contributed by atoms with Crippen LogP contribution in [0.3, 0.4) is 0 Å². The number of benzene rings is 3. The lowest BCUT2D eigenvalue weighted by Gasteiger charge is -2.48. The summed E-state index contributed by atoms with van der Waals surface area (Å²) in [5, 5.41) is 9.03. The summed E-state index contributed by atoms with van der Waals surface area (Å²) in [7, 11) is -1.55. The van der Waals surface area contributed by atoms with Gasteiger partial charge in [-0.3, -0.25) is 4.72 Å². The fourth-order valence-electron chi connectivity index (χ4n) is 4.38. The molecule has 34 heavy (non-hydrogen) atoms. The van der Waals surface area contributed by atoms with Crippen molar-refractivity contribution in [2.45, 2.75) is 23.3 Å². The van der Waals surface area contributed by atoms with Gasteiger partial charge in [0, 0.05) is 12.2 Å². The number of aliphatic imine (C=N–C) groups is 1. The average molecular weight is 481 g/mol. The minimum atomic E-state index is -1.55. The van der Waals surface area contributed by atoms with Gasteiger partial charge in [-0.1, -0.05) is 72.8 Å². The first kappa shape index (κ1) is 22.7. The molecule has 5 rings (SSSR count). The molecule has 0 radical (unpaired) electrons. The van der Waals surface area contributed by atoms with Gasteiger partial charge in [-0.25, -0.2) is 13.6 Å². The van der Waals surface area contributed by atoms with Gasteiger partial charge in [0.2, 0.25) is 0 Å². The molecule has 8 heteroatoms. The number of aliphatic hydroxyl groups excluding tert-OH is 1. The van der Waals surface area contributed by atoms with Crippen molar-refractivity contribution in [2.24, 2.45) is 4.99 Å². The zero-order valence-corrected chi connectivity index (χ0v) is 19.2. The van der Waals surface area contributed by atoms with E-state index >= 15 is 0 Å². The Kier molecular flexibility index (Phi) is 6.45. The summed E-state index contributed by atoms with van der Waals surface area (Å²) < 4.78 is 42.3. The normalized spacial score (nSPS) is 23.1. The summed E-state index contributed by atoms with van der Waals surface area (Å²) in [6.45, 7) is 0.368. The number of nitrogens with one attached hydrogen (secondary N) is 1. The highest BCUT2D eigenvalue weighted by molar-refractivity contribution is 7.84. The molecule has 1 spiro atoms. The van der Waals surface area contributed by atoms with E-state index in [1.54, 1.807) is 18.2 Å². The highest BCUT2D eigenvalue weighted by Gasteiger charge is 2.55. The molecule has 0 saturated carbocycles. The number of hydrogen-bond donors (Lipinski definition) is 2. The lowest BCUT2D eigenvalue weighted by atomic mass is 9.90. The second kappa shape index (κ2) is 9.66. The summed E-state index contributed by atoms with van der Waals surface area (Å²) >= 11 is 0. The molecule has 2 fully saturated rings. The summed E-state index contributed by atoms with van der Waals surface area (Å²) in [6.07, 6.45) is 0.204. The molecule has 2 aliphatic heterocycles. The van der Waals surface area contributed by atoms with Crippen LogP contribution >= 0.6 is 0 Å². The van der Waals surface area contributed by atoms with E-state index in [9.17, 15) is 13.7 Å². The third kappa shape index (κ3) is 4.36. The lowest BCUT2D eigenvalue weighted by Crippen LogP contribution is -2.64. The molecule has 0 aromatic heterocycles. The molecule has 6 nitrogen and oxygen atoms in total. The molecule has 2 saturated heterocycles. The van der Waals surface area contributed by atoms with E-state index < -0.39 is 33.7 Å². The molecular weight excluding hydrogens is 455 g/mol. The van der Waals surface area contributed by atoms with Crippen LogP contribution < -0.4 is 4.72 Å². The molecule has 176 valence electrons. The van der Waals surface area contributed by atoms with Crippen molar-refractivity contribution in [3.63, 3.8) is 0 Å². The van der Waals surface area contributed by atoms with Crippen molar-refractivity contribution < 1.29 is 23.2 Å². The zero-order chi connectivity index (χ0) is 23.5. The molecule has 0 aliphatic carbocycles. The number of nitrogens with zero attached hydrogens (tertiary/aromatic N) is 1. The number of ether oxygens (including phenoxy) is 2. The van der Waals surface area contributed by atoms with Crippen molar-refractivity contribution in [3.05, 3.63) is 95.8 Å². The van der Waals surface area contributed by atoms with Crippen LogP contribution in [-0.4, -0.2) is 40.8 Å². The highest BCUT2D eigenvalue weighted by Crippen LogP contribution is 2.43. The van der Waals surface area contributed by atoms with Crippen LogP contribution in [0.25, 0.3) is 11.1 Å². The number of hydrogen-bond acceptors (Lipinski definition) is 5. The fourth-order valence-corrected chi connectivity index (χ4v) is 5.74. The maximum absolute atomic E-state index is 14.4. The smallest absolute Gasteiger partial charge is 0.298 e. The molecule has 2 unspecified atom stereocenters. The van der Waals surface area contributed by atoms with E-state index in [0.717, 1.165) is 16.7 Å². The molecule has 0 bridgehead atoms. The Morgan fingerprint density at radius 2 is 1.71 bits per heavy atom. The first-order chi connectivity index (χ1) is 16.6. The molecule has 2 aliphatic rings. The minimum Gasteiger partial charge on any atom is -0.451 e. The quantitative estimate of drug-likeness (QED) is 0.558. The summed E-state index contributed by atoms with van der Waals surface area (Å²) in [5.41, 5.74) is 2.55. The van der Waals surface area contributed by atoms with E-state index in [0.29, 0.717) is 5.56 Å². The first-order valence-corrected chi connectivity index (χ1v) is 12.3. The van der Waals surface area contributed by atoms with E-state index in [-0.39, 0.29) is 32.3 Å². The number of aliphatic hydroxyl groups is 1. The van der Waals surface area contributed by atoms with Crippen LogP contribution in [0.2, 0.25) is 0 Å². The SMILES string of the molecule is O=S1NC(=N[C@@H](CCO)c2ccccc2F)OC2(COC2)C1c1ccc(-c2ccccc2)cc1. The van der Waals surface area contributed by atoms with Gasteiger partial charge in [0.1, 0.15) is 22.1 Å². The molecule has 3 aromatic rings. The largest absolute Gasteiger partial charge is 0.451 e. The van der Waals surface area contributed by atoms with Crippen LogP contribution in [0.15, 0.2) is 83.9 Å². The minimum absolute atomic E-state index is 0.0699. The Morgan fingerprint density at radius 1 is 1.03 bits per heavy atom. The van der Waals surface area contributed by atoms with Gasteiger partial charge in [-0.15, -0.1) is 0 Å². The van der Waals surface area contributed by atoms with Gasteiger partial charge in [-0.2, -0.15) is 0 Å². The maximum Gasteiger partial charge on any atom is 0.298 e. The molecular formula is C26H25FN2O4S. The predicted octanol–water partition coefficient (Wildman–Crippen LogP) is 4.07. The molecule has 0 amide bonds. The molecule has 2 heterocycles. The Morgan fingerprint density at radius 3 is 2.35 bits per heavy atom. The Bertz CT molecular complexity index is 1200. The van der Waals surface area contributed by atoms with Crippen LogP contribution in [0.1, 0.15) is 28.8 Å². The van der Waals surface area contributed by atoms with E-state index in [4.69, 9.17) is 9.47 Å². The third-order valence-corrected chi connectivity index (χ3v) is 7.64. The van der Waals surface area contributed by atoms with Crippen molar-refractivity contribution in [2.75, 3.05) is 19.8 Å². The highest BCUT2D eigenvalue weighted by atomic mass is 32.2. The topological polar surface area (TPSA) is 80.2 Å². The van der Waals surface area contributed by atoms with Gasteiger partial charge < -0.3 is 14.6 Å². The van der Waals surface area contributed by atoms with Gasteiger partial charge in [0.15, 0.2) is 5.60 Å². The first-order valence-electron chi connectivity index (χ1n) is 11.1. The van der Waals surface area contributed by atoms with E-state index in [1.807, 2.05) is 54.6 Å². The van der Waals surface area contributed by atoms with Crippen molar-refractivity contribution in [1.82, 2.24) is 4.72 Å². The number of amidine groups is 1. The van der Waals surface area contributed by atoms with Crippen LogP contribution in [0, 0.1) is 5.82 Å². The second-order valence-corrected chi connectivity index (χ2v) is 9.68. The van der Waals surface area contributed by atoms with E-state index in [2.05, 4.69) is 9.71 Å². The van der Waals surface area contributed by atoms with Gasteiger partial charge in [0.25, 0.3) is 6.02 Å². The van der Waals surface area contributed by atoms with E-state index in [1.165, 1.54) is 6.07 Å².